The van der Waals surface area contributed by atoms with Gasteiger partial charge in [-0.05, 0) is 65.9 Å². The number of hydrogen-bond acceptors (Lipinski definition) is 3. The summed E-state index contributed by atoms with van der Waals surface area (Å²) in [5.74, 6) is -0.612. The van der Waals surface area contributed by atoms with Crippen LogP contribution in [0.4, 0.5) is 11.4 Å². The van der Waals surface area contributed by atoms with E-state index in [4.69, 9.17) is 5.73 Å². The zero-order valence-corrected chi connectivity index (χ0v) is 16.3. The SMILES string of the molecule is CN1CCCc2ccc(NC(=O)c3ccc(-c4cccc(C(N)=O)c4)cc3)cc21. The van der Waals surface area contributed by atoms with Crippen LogP contribution in [0.25, 0.3) is 11.1 Å². The predicted molar refractivity (Wildman–Crippen MR) is 116 cm³/mol. The summed E-state index contributed by atoms with van der Waals surface area (Å²) in [6, 6.07) is 20.5. The van der Waals surface area contributed by atoms with Gasteiger partial charge in [0.05, 0.1) is 0 Å². The van der Waals surface area contributed by atoms with Crippen LogP contribution in [0.2, 0.25) is 0 Å². The highest BCUT2D eigenvalue weighted by molar-refractivity contribution is 6.04. The summed E-state index contributed by atoms with van der Waals surface area (Å²) < 4.78 is 0. The third-order valence-electron chi connectivity index (χ3n) is 5.32. The highest BCUT2D eigenvalue weighted by Crippen LogP contribution is 2.29. The Morgan fingerprint density at radius 1 is 0.931 bits per heavy atom. The smallest absolute Gasteiger partial charge is 0.255 e. The van der Waals surface area contributed by atoms with Crippen molar-refractivity contribution in [3.05, 3.63) is 83.4 Å². The van der Waals surface area contributed by atoms with Crippen LogP contribution in [0.5, 0.6) is 0 Å². The second-order valence-corrected chi connectivity index (χ2v) is 7.35. The predicted octanol–water partition coefficient (Wildman–Crippen LogP) is 4.09. The number of nitrogens with two attached hydrogens (primary N) is 1. The number of benzene rings is 3. The number of amides is 2. The van der Waals surface area contributed by atoms with Gasteiger partial charge in [0.15, 0.2) is 0 Å². The molecule has 5 heteroatoms. The summed E-state index contributed by atoms with van der Waals surface area (Å²) in [5, 5.41) is 2.99. The van der Waals surface area contributed by atoms with E-state index in [9.17, 15) is 9.59 Å². The van der Waals surface area contributed by atoms with E-state index in [2.05, 4.69) is 23.3 Å². The monoisotopic (exact) mass is 385 g/mol. The fourth-order valence-electron chi connectivity index (χ4n) is 3.70. The van der Waals surface area contributed by atoms with Crippen LogP contribution in [0.1, 0.15) is 32.7 Å². The van der Waals surface area contributed by atoms with Crippen molar-refractivity contribution in [2.24, 2.45) is 5.73 Å². The van der Waals surface area contributed by atoms with Gasteiger partial charge in [0, 0.05) is 36.1 Å². The second-order valence-electron chi connectivity index (χ2n) is 7.35. The summed E-state index contributed by atoms with van der Waals surface area (Å²) >= 11 is 0. The molecule has 1 aliphatic heterocycles. The number of fused-ring (bicyclic) bond motifs is 1. The third kappa shape index (κ3) is 3.99. The minimum absolute atomic E-state index is 0.152. The maximum atomic E-state index is 12.7. The number of primary amides is 1. The number of nitrogens with zero attached hydrogens (tertiary/aromatic N) is 1. The molecule has 0 fully saturated rings. The summed E-state index contributed by atoms with van der Waals surface area (Å²) in [4.78, 5) is 26.3. The normalized spacial score (nSPS) is 12.9. The Balaban J connectivity index is 1.51. The molecule has 0 radical (unpaired) electrons. The molecular formula is C24H23N3O2. The molecule has 0 aliphatic carbocycles. The van der Waals surface area contributed by atoms with E-state index in [0.717, 1.165) is 36.2 Å². The van der Waals surface area contributed by atoms with Gasteiger partial charge < -0.3 is 16.0 Å². The molecule has 0 unspecified atom stereocenters. The standard InChI is InChI=1S/C24H23N3O2/c1-27-13-3-6-17-11-12-21(15-22(17)27)26-24(29)18-9-7-16(8-10-18)19-4-2-5-20(14-19)23(25)28/h2,4-5,7-12,14-15H,3,6,13H2,1H3,(H2,25,28)(H,26,29). The van der Waals surface area contributed by atoms with Gasteiger partial charge in [0.25, 0.3) is 5.91 Å². The maximum absolute atomic E-state index is 12.7. The van der Waals surface area contributed by atoms with Crippen LogP contribution >= 0.6 is 0 Å². The number of nitrogens with one attached hydrogen (secondary N) is 1. The Bertz CT molecular complexity index is 1070. The molecule has 29 heavy (non-hydrogen) atoms. The van der Waals surface area contributed by atoms with Crippen LogP contribution in [0.15, 0.2) is 66.7 Å². The molecule has 0 atom stereocenters. The van der Waals surface area contributed by atoms with Gasteiger partial charge in [0.1, 0.15) is 0 Å². The van der Waals surface area contributed by atoms with Crippen LogP contribution in [-0.4, -0.2) is 25.4 Å². The molecule has 3 aromatic carbocycles. The molecule has 4 rings (SSSR count). The van der Waals surface area contributed by atoms with E-state index in [1.165, 1.54) is 11.3 Å². The molecule has 0 saturated carbocycles. The van der Waals surface area contributed by atoms with Crippen molar-refractivity contribution >= 4 is 23.2 Å². The van der Waals surface area contributed by atoms with E-state index in [1.807, 2.05) is 30.3 Å². The molecule has 0 saturated heterocycles. The fraction of sp³-hybridized carbons (Fsp3) is 0.167. The third-order valence-corrected chi connectivity index (χ3v) is 5.32. The first-order chi connectivity index (χ1) is 14.0. The summed E-state index contributed by atoms with van der Waals surface area (Å²) in [6.45, 7) is 1.03. The van der Waals surface area contributed by atoms with Crippen molar-refractivity contribution < 1.29 is 9.59 Å². The van der Waals surface area contributed by atoms with Crippen LogP contribution in [0.3, 0.4) is 0 Å². The van der Waals surface area contributed by atoms with Crippen molar-refractivity contribution in [3.8, 4) is 11.1 Å². The van der Waals surface area contributed by atoms with Crippen LogP contribution < -0.4 is 16.0 Å². The molecule has 0 aromatic heterocycles. The minimum Gasteiger partial charge on any atom is -0.374 e. The average molecular weight is 385 g/mol. The topological polar surface area (TPSA) is 75.4 Å². The summed E-state index contributed by atoms with van der Waals surface area (Å²) in [5.41, 5.74) is 11.5. The molecule has 1 aliphatic rings. The highest BCUT2D eigenvalue weighted by Gasteiger charge is 2.15. The fourth-order valence-corrected chi connectivity index (χ4v) is 3.70. The van der Waals surface area contributed by atoms with Gasteiger partial charge in [-0.1, -0.05) is 30.3 Å². The Morgan fingerprint density at radius 2 is 1.72 bits per heavy atom. The van der Waals surface area contributed by atoms with Crippen LogP contribution in [-0.2, 0) is 6.42 Å². The van der Waals surface area contributed by atoms with Crippen molar-refractivity contribution in [1.82, 2.24) is 0 Å². The number of carbonyl (C=O) groups is 2. The lowest BCUT2D eigenvalue weighted by molar-refractivity contribution is 0.0997. The second kappa shape index (κ2) is 7.80. The van der Waals surface area contributed by atoms with Gasteiger partial charge in [-0.25, -0.2) is 0 Å². The summed E-state index contributed by atoms with van der Waals surface area (Å²) in [6.07, 6.45) is 2.23. The highest BCUT2D eigenvalue weighted by atomic mass is 16.2. The lowest BCUT2D eigenvalue weighted by Crippen LogP contribution is -2.24. The minimum atomic E-state index is -0.460. The first-order valence-corrected chi connectivity index (χ1v) is 9.67. The van der Waals surface area contributed by atoms with E-state index in [0.29, 0.717) is 11.1 Å². The maximum Gasteiger partial charge on any atom is 0.255 e. The van der Waals surface area contributed by atoms with Crippen molar-refractivity contribution in [3.63, 3.8) is 0 Å². The number of hydrogen-bond donors (Lipinski definition) is 2. The average Bonchev–Trinajstić information content (AvgIpc) is 2.74. The molecule has 146 valence electrons. The quantitative estimate of drug-likeness (QED) is 0.710. The first kappa shape index (κ1) is 18.7. The van der Waals surface area contributed by atoms with Gasteiger partial charge in [-0.2, -0.15) is 0 Å². The largest absolute Gasteiger partial charge is 0.374 e. The van der Waals surface area contributed by atoms with E-state index in [1.54, 1.807) is 30.3 Å². The van der Waals surface area contributed by atoms with Crippen molar-refractivity contribution in [2.75, 3.05) is 23.8 Å². The van der Waals surface area contributed by atoms with Crippen molar-refractivity contribution in [1.29, 1.82) is 0 Å². The molecule has 1 heterocycles. The first-order valence-electron chi connectivity index (χ1n) is 9.67. The van der Waals surface area contributed by atoms with Gasteiger partial charge in [-0.3, -0.25) is 9.59 Å². The lowest BCUT2D eigenvalue weighted by atomic mass is 10.0. The molecule has 5 nitrogen and oxygen atoms in total. The zero-order chi connectivity index (χ0) is 20.4. The summed E-state index contributed by atoms with van der Waals surface area (Å²) in [7, 11) is 2.08. The molecule has 0 spiro atoms. The lowest BCUT2D eigenvalue weighted by Gasteiger charge is -2.28. The number of carbonyl (C=O) groups excluding carboxylic acids is 2. The Kier molecular flexibility index (Phi) is 5.04. The Labute approximate surface area is 170 Å². The number of rotatable bonds is 4. The van der Waals surface area contributed by atoms with Gasteiger partial charge in [0.2, 0.25) is 5.91 Å². The molecule has 3 N–H and O–H groups in total. The number of aryl methyl sites for hydroxylation is 1. The molecular weight excluding hydrogens is 362 g/mol. The van der Waals surface area contributed by atoms with Gasteiger partial charge in [-0.15, -0.1) is 0 Å². The van der Waals surface area contributed by atoms with E-state index >= 15 is 0 Å². The number of anilines is 2. The van der Waals surface area contributed by atoms with E-state index < -0.39 is 5.91 Å². The van der Waals surface area contributed by atoms with Crippen molar-refractivity contribution in [2.45, 2.75) is 12.8 Å². The van der Waals surface area contributed by atoms with Crippen LogP contribution in [0, 0.1) is 0 Å². The molecule has 0 bridgehead atoms. The zero-order valence-electron chi connectivity index (χ0n) is 16.3. The van der Waals surface area contributed by atoms with E-state index in [-0.39, 0.29) is 5.91 Å². The Hall–Kier alpha value is -3.60. The van der Waals surface area contributed by atoms with Gasteiger partial charge >= 0.3 is 0 Å². The molecule has 3 aromatic rings. The Morgan fingerprint density at radius 3 is 2.48 bits per heavy atom. The molecule has 2 amide bonds.